The Hall–Kier alpha value is -3.43. The molecule has 4 aliphatic rings. The van der Waals surface area contributed by atoms with Crippen molar-refractivity contribution in [2.45, 2.75) is 58.1 Å². The number of hydrogen-bond acceptors (Lipinski definition) is 7. The smallest absolute Gasteiger partial charge is 0.410 e. The fourth-order valence-corrected chi connectivity index (χ4v) is 5.41. The molecule has 1 aromatic carbocycles. The lowest BCUT2D eigenvalue weighted by Crippen LogP contribution is -2.61. The standard InChI is InChI=1S/C25H30N4O6/c1-24(2,3)35-23(34)27-10-8-25(9-11-27)13-28(14-25)15-4-5-16-17(12-15)22(33)29(21(16)32)18-6-7-19(30)26-20(18)31/h4-5,12,18H,6-11,13-14H2,1-3H3,(H,26,30,31). The Morgan fingerprint density at radius 3 is 2.31 bits per heavy atom. The molecule has 10 nitrogen and oxygen atoms in total. The number of fused-ring (bicyclic) bond motifs is 1. The van der Waals surface area contributed by atoms with E-state index in [-0.39, 0.29) is 35.5 Å². The molecule has 4 aliphatic heterocycles. The maximum absolute atomic E-state index is 13.1. The highest BCUT2D eigenvalue weighted by molar-refractivity contribution is 6.23. The second-order valence-electron chi connectivity index (χ2n) is 11.0. The summed E-state index contributed by atoms with van der Waals surface area (Å²) in [4.78, 5) is 67.0. The number of ether oxygens (including phenoxy) is 1. The summed E-state index contributed by atoms with van der Waals surface area (Å²) in [5.74, 6) is -2.00. The molecule has 1 aromatic rings. The second-order valence-corrected chi connectivity index (χ2v) is 11.0. The second kappa shape index (κ2) is 8.07. The predicted molar refractivity (Wildman–Crippen MR) is 125 cm³/mol. The van der Waals surface area contributed by atoms with Crippen LogP contribution in [-0.4, -0.2) is 77.3 Å². The van der Waals surface area contributed by atoms with Crippen LogP contribution < -0.4 is 10.2 Å². The highest BCUT2D eigenvalue weighted by Gasteiger charge is 2.48. The number of hydrogen-bond donors (Lipinski definition) is 1. The molecule has 0 aliphatic carbocycles. The average Bonchev–Trinajstić information content (AvgIpc) is 3.01. The zero-order valence-corrected chi connectivity index (χ0v) is 20.3. The molecular formula is C25H30N4O6. The van der Waals surface area contributed by atoms with E-state index in [1.54, 1.807) is 17.0 Å². The molecule has 5 rings (SSSR count). The first kappa shape index (κ1) is 23.3. The van der Waals surface area contributed by atoms with Crippen LogP contribution in [0.1, 0.15) is 67.2 Å². The summed E-state index contributed by atoms with van der Waals surface area (Å²) in [6.45, 7) is 8.51. The Bertz CT molecular complexity index is 1120. The molecule has 5 amide bonds. The maximum atomic E-state index is 13.1. The lowest BCUT2D eigenvalue weighted by Gasteiger charge is -2.55. The van der Waals surface area contributed by atoms with E-state index in [1.165, 1.54) is 0 Å². The lowest BCUT2D eigenvalue weighted by atomic mass is 9.72. The van der Waals surface area contributed by atoms with E-state index < -0.39 is 35.3 Å². The average molecular weight is 483 g/mol. The van der Waals surface area contributed by atoms with E-state index in [1.807, 2.05) is 26.8 Å². The SMILES string of the molecule is CC(C)(C)OC(=O)N1CCC2(CC1)CN(c1ccc3c(c1)C(=O)N(C1CCC(=O)NC1=O)C3=O)C2. The molecule has 1 N–H and O–H groups in total. The predicted octanol–water partition coefficient (Wildman–Crippen LogP) is 1.93. The van der Waals surface area contributed by atoms with E-state index in [9.17, 15) is 24.0 Å². The summed E-state index contributed by atoms with van der Waals surface area (Å²) in [6.07, 6.45) is 1.72. The van der Waals surface area contributed by atoms with Crippen molar-refractivity contribution in [1.29, 1.82) is 0 Å². The number of carbonyl (C=O) groups excluding carboxylic acids is 5. The number of amides is 5. The summed E-state index contributed by atoms with van der Waals surface area (Å²) in [7, 11) is 0. The number of nitrogens with zero attached hydrogens (tertiary/aromatic N) is 3. The van der Waals surface area contributed by atoms with Crippen molar-refractivity contribution in [3.63, 3.8) is 0 Å². The summed E-state index contributed by atoms with van der Waals surface area (Å²) in [6, 6.07) is 4.24. The van der Waals surface area contributed by atoms with Gasteiger partial charge in [-0.05, 0) is 58.2 Å². The molecule has 10 heteroatoms. The number of benzene rings is 1. The number of imide groups is 2. The first-order valence-corrected chi connectivity index (χ1v) is 12.0. The normalized spacial score (nSPS) is 23.9. The topological polar surface area (TPSA) is 116 Å². The molecule has 35 heavy (non-hydrogen) atoms. The monoisotopic (exact) mass is 482 g/mol. The molecule has 4 heterocycles. The zero-order chi connectivity index (χ0) is 25.1. The fourth-order valence-electron chi connectivity index (χ4n) is 5.41. The van der Waals surface area contributed by atoms with Gasteiger partial charge in [-0.2, -0.15) is 0 Å². The Morgan fingerprint density at radius 2 is 1.69 bits per heavy atom. The zero-order valence-electron chi connectivity index (χ0n) is 20.3. The van der Waals surface area contributed by atoms with Crippen molar-refractivity contribution in [2.75, 3.05) is 31.1 Å². The Balaban J connectivity index is 1.23. The van der Waals surface area contributed by atoms with Gasteiger partial charge in [-0.25, -0.2) is 4.79 Å². The number of likely N-dealkylation sites (tertiary alicyclic amines) is 1. The summed E-state index contributed by atoms with van der Waals surface area (Å²) < 4.78 is 5.48. The van der Waals surface area contributed by atoms with Crippen LogP contribution in [0.5, 0.6) is 0 Å². The van der Waals surface area contributed by atoms with Gasteiger partial charge in [0.05, 0.1) is 11.1 Å². The molecule has 1 atom stereocenters. The van der Waals surface area contributed by atoms with E-state index >= 15 is 0 Å². The molecule has 1 unspecified atom stereocenters. The van der Waals surface area contributed by atoms with E-state index in [0.717, 1.165) is 36.5 Å². The van der Waals surface area contributed by atoms with Crippen molar-refractivity contribution in [2.24, 2.45) is 5.41 Å². The number of rotatable bonds is 2. The fraction of sp³-hybridized carbons (Fsp3) is 0.560. The van der Waals surface area contributed by atoms with Gasteiger partial charge in [0.1, 0.15) is 11.6 Å². The minimum atomic E-state index is -0.967. The van der Waals surface area contributed by atoms with Gasteiger partial charge in [-0.3, -0.25) is 29.4 Å². The van der Waals surface area contributed by atoms with Crippen LogP contribution in [0.25, 0.3) is 0 Å². The number of piperidine rings is 2. The number of anilines is 1. The van der Waals surface area contributed by atoms with Crippen LogP contribution in [0.3, 0.4) is 0 Å². The van der Waals surface area contributed by atoms with Crippen molar-refractivity contribution in [3.05, 3.63) is 29.3 Å². The third kappa shape index (κ3) is 4.15. The highest BCUT2D eigenvalue weighted by Crippen LogP contribution is 2.43. The van der Waals surface area contributed by atoms with Crippen LogP contribution in [0.15, 0.2) is 18.2 Å². The van der Waals surface area contributed by atoms with Crippen LogP contribution in [0, 0.1) is 5.41 Å². The van der Waals surface area contributed by atoms with Crippen LogP contribution in [-0.2, 0) is 14.3 Å². The van der Waals surface area contributed by atoms with Crippen LogP contribution >= 0.6 is 0 Å². The van der Waals surface area contributed by atoms with E-state index in [4.69, 9.17) is 4.74 Å². The van der Waals surface area contributed by atoms with Crippen LogP contribution in [0.2, 0.25) is 0 Å². The Labute approximate surface area is 203 Å². The van der Waals surface area contributed by atoms with Crippen molar-refractivity contribution >= 4 is 35.4 Å². The van der Waals surface area contributed by atoms with Crippen molar-refractivity contribution in [1.82, 2.24) is 15.1 Å². The molecule has 0 radical (unpaired) electrons. The highest BCUT2D eigenvalue weighted by atomic mass is 16.6. The van der Waals surface area contributed by atoms with Crippen LogP contribution in [0.4, 0.5) is 10.5 Å². The molecule has 1 spiro atoms. The molecular weight excluding hydrogens is 452 g/mol. The number of nitrogens with one attached hydrogen (secondary N) is 1. The van der Waals surface area contributed by atoms with Crippen molar-refractivity contribution < 1.29 is 28.7 Å². The van der Waals surface area contributed by atoms with Gasteiger partial charge < -0.3 is 14.5 Å². The molecule has 3 fully saturated rings. The quantitative estimate of drug-likeness (QED) is 0.640. The lowest BCUT2D eigenvalue weighted by molar-refractivity contribution is -0.136. The van der Waals surface area contributed by atoms with Gasteiger partial charge in [0.25, 0.3) is 11.8 Å². The first-order valence-electron chi connectivity index (χ1n) is 12.0. The third-order valence-electron chi connectivity index (χ3n) is 7.32. The van der Waals surface area contributed by atoms with E-state index in [0.29, 0.717) is 13.1 Å². The van der Waals surface area contributed by atoms with E-state index in [2.05, 4.69) is 10.2 Å². The van der Waals surface area contributed by atoms with Gasteiger partial charge in [-0.15, -0.1) is 0 Å². The minimum absolute atomic E-state index is 0.0935. The third-order valence-corrected chi connectivity index (χ3v) is 7.32. The minimum Gasteiger partial charge on any atom is -0.444 e. The Kier molecular flexibility index (Phi) is 5.37. The molecule has 3 saturated heterocycles. The molecule has 186 valence electrons. The maximum Gasteiger partial charge on any atom is 0.410 e. The van der Waals surface area contributed by atoms with Crippen molar-refractivity contribution in [3.8, 4) is 0 Å². The molecule has 0 saturated carbocycles. The van der Waals surface area contributed by atoms with Gasteiger partial charge in [0.15, 0.2) is 0 Å². The van der Waals surface area contributed by atoms with Gasteiger partial charge >= 0.3 is 6.09 Å². The first-order chi connectivity index (χ1) is 16.5. The largest absolute Gasteiger partial charge is 0.444 e. The Morgan fingerprint density at radius 1 is 1.03 bits per heavy atom. The van der Waals surface area contributed by atoms with Gasteiger partial charge in [0, 0.05) is 43.7 Å². The molecule has 0 aromatic heterocycles. The summed E-state index contributed by atoms with van der Waals surface area (Å²) in [5, 5.41) is 2.21. The van der Waals surface area contributed by atoms with Gasteiger partial charge in [0.2, 0.25) is 11.8 Å². The molecule has 0 bridgehead atoms. The summed E-state index contributed by atoms with van der Waals surface area (Å²) in [5.41, 5.74) is 1.04. The summed E-state index contributed by atoms with van der Waals surface area (Å²) >= 11 is 0. The van der Waals surface area contributed by atoms with Gasteiger partial charge in [-0.1, -0.05) is 0 Å². The number of carbonyl (C=O) groups is 5.